The van der Waals surface area contributed by atoms with Crippen LogP contribution in [0, 0.1) is 5.92 Å². The molecule has 4 bridgehead atoms. The Kier molecular flexibility index (Phi) is 10.3. The molecule has 0 saturated carbocycles. The number of phenolic OH excluding ortho intramolecular Hbond substituents is 1. The van der Waals surface area contributed by atoms with Gasteiger partial charge in [0.15, 0.2) is 0 Å². The second-order valence-corrected chi connectivity index (χ2v) is 12.3. The molecule has 0 saturated heterocycles. The maximum absolute atomic E-state index is 13.4. The van der Waals surface area contributed by atoms with Crippen LogP contribution in [0.4, 0.5) is 0 Å². The van der Waals surface area contributed by atoms with Crippen LogP contribution in [0.1, 0.15) is 48.9 Å². The number of carbonyl (C=O) groups excluding carboxylic acids is 4. The number of nitrogens with zero attached hydrogens (tertiary/aromatic N) is 1. The van der Waals surface area contributed by atoms with Crippen molar-refractivity contribution in [3.63, 3.8) is 0 Å². The van der Waals surface area contributed by atoms with Gasteiger partial charge in [0.05, 0.1) is 16.6 Å². The summed E-state index contributed by atoms with van der Waals surface area (Å²) in [7, 11) is 0. The number of fused-ring (bicyclic) bond motifs is 12. The summed E-state index contributed by atoms with van der Waals surface area (Å²) in [5, 5.41) is 22.0. The summed E-state index contributed by atoms with van der Waals surface area (Å²) in [5.74, 6) is -1.33. The van der Waals surface area contributed by atoms with E-state index in [0.29, 0.717) is 35.9 Å². The van der Waals surface area contributed by atoms with E-state index in [1.807, 2.05) is 12.1 Å². The van der Waals surface area contributed by atoms with Crippen molar-refractivity contribution in [3.8, 4) is 17.2 Å². The average molecular weight is 661 g/mol. The molecule has 4 aromatic rings. The largest absolute Gasteiger partial charge is 0.507 e. The second-order valence-electron chi connectivity index (χ2n) is 11.9. The van der Waals surface area contributed by atoms with Gasteiger partial charge in [0.25, 0.3) is 5.91 Å². The summed E-state index contributed by atoms with van der Waals surface area (Å²) >= 11 is 6.07. The van der Waals surface area contributed by atoms with Gasteiger partial charge in [-0.3, -0.25) is 19.2 Å². The fourth-order valence-electron chi connectivity index (χ4n) is 5.20. The summed E-state index contributed by atoms with van der Waals surface area (Å²) in [5.41, 5.74) is 2.33. The van der Waals surface area contributed by atoms with Gasteiger partial charge in [-0.15, -0.1) is 0 Å². The van der Waals surface area contributed by atoms with Crippen molar-refractivity contribution < 1.29 is 29.0 Å². The van der Waals surface area contributed by atoms with Crippen LogP contribution in [0.5, 0.6) is 17.2 Å². The number of aromatic amines is 1. The average Bonchev–Trinajstić information content (AvgIpc) is 3.44. The molecule has 6 N–H and O–H groups in total. The number of amides is 4. The van der Waals surface area contributed by atoms with Crippen molar-refractivity contribution in [1.82, 2.24) is 31.2 Å². The molecule has 0 unspecified atom stereocenters. The second kappa shape index (κ2) is 14.5. The lowest BCUT2D eigenvalue weighted by Crippen LogP contribution is -2.57. The molecule has 3 heterocycles. The molecule has 3 atom stereocenters. The molecule has 47 heavy (non-hydrogen) atoms. The first-order valence-electron chi connectivity index (χ1n) is 15.4. The normalized spacial score (nSPS) is 18.9. The smallest absolute Gasteiger partial charge is 0.255 e. The van der Waals surface area contributed by atoms with E-state index in [9.17, 15) is 24.3 Å². The molecule has 0 aliphatic carbocycles. The maximum atomic E-state index is 13.4. The highest BCUT2D eigenvalue weighted by molar-refractivity contribution is 6.31. The number of nitrogens with one attached hydrogen (secondary N) is 5. The third kappa shape index (κ3) is 8.39. The Bertz CT molecular complexity index is 1790. The minimum atomic E-state index is -1.02. The Hall–Kier alpha value is -5.10. The number of hydrogen-bond acceptors (Lipinski definition) is 7. The van der Waals surface area contributed by atoms with E-state index in [0.717, 1.165) is 22.4 Å². The number of H-pyrrole nitrogens is 1. The molecule has 12 nitrogen and oxygen atoms in total. The summed E-state index contributed by atoms with van der Waals surface area (Å²) in [4.78, 5) is 60.8. The van der Waals surface area contributed by atoms with Crippen LogP contribution in [0.3, 0.4) is 0 Å². The van der Waals surface area contributed by atoms with Gasteiger partial charge in [-0.1, -0.05) is 37.6 Å². The first kappa shape index (κ1) is 33.3. The number of hydrogen-bond donors (Lipinski definition) is 6. The van der Waals surface area contributed by atoms with Gasteiger partial charge in [-0.2, -0.15) is 0 Å². The van der Waals surface area contributed by atoms with Gasteiger partial charge in [0, 0.05) is 24.4 Å². The molecule has 246 valence electrons. The zero-order chi connectivity index (χ0) is 33.7. The Morgan fingerprint density at radius 3 is 2.49 bits per heavy atom. The summed E-state index contributed by atoms with van der Waals surface area (Å²) in [6.45, 7) is 5.33. The van der Waals surface area contributed by atoms with Crippen LogP contribution in [-0.4, -0.2) is 63.4 Å². The van der Waals surface area contributed by atoms with Crippen molar-refractivity contribution in [2.24, 2.45) is 5.92 Å². The van der Waals surface area contributed by atoms with Crippen molar-refractivity contribution in [2.75, 3.05) is 6.54 Å². The van der Waals surface area contributed by atoms with Crippen molar-refractivity contribution in [2.45, 2.75) is 58.2 Å². The van der Waals surface area contributed by atoms with Gasteiger partial charge in [0.2, 0.25) is 17.7 Å². The van der Waals surface area contributed by atoms with Crippen molar-refractivity contribution in [3.05, 3.63) is 82.6 Å². The molecule has 1 aromatic heterocycles. The number of benzene rings is 3. The van der Waals surface area contributed by atoms with Crippen LogP contribution in [0.25, 0.3) is 11.0 Å². The standard InChI is InChI=1S/C34H37ClN6O6/c1-18(2)30-34(46)37-19(3)31(43)40-27(33(45)36-14-4-5-29-38-25-12-8-21(35)16-26(25)39-29)15-20-6-9-22(10-7-20)47-23-11-13-28(42)24(17-23)32(44)41-30/h6-13,16-19,27,30,42H,4-5,14-15H2,1-3H3,(H,36,45)(H,37,46)(H,38,39)(H,40,43)(H,41,44)/t19-,27-,30-/m0/s1. The van der Waals surface area contributed by atoms with Crippen LogP contribution in [0.15, 0.2) is 60.7 Å². The third-order valence-corrected chi connectivity index (χ3v) is 8.05. The molecule has 3 aromatic carbocycles. The zero-order valence-electron chi connectivity index (χ0n) is 26.2. The van der Waals surface area contributed by atoms with Crippen LogP contribution in [0.2, 0.25) is 5.02 Å². The SMILES string of the molecule is CC(C)[C@@H]1NC(=O)c2cc(ccc2O)Oc2ccc(cc2)C[C@@H](C(=O)NCCCc2nc3ccc(Cl)cc3[nH]2)NC(=O)[C@H](C)NC1=O. The summed E-state index contributed by atoms with van der Waals surface area (Å²) in [6, 6.07) is 13.6. The highest BCUT2D eigenvalue weighted by Gasteiger charge is 2.30. The van der Waals surface area contributed by atoms with Crippen LogP contribution < -0.4 is 26.0 Å². The molecule has 0 spiro atoms. The number of carbonyl (C=O) groups is 4. The molecular weight excluding hydrogens is 624 g/mol. The van der Waals surface area contributed by atoms with E-state index in [2.05, 4.69) is 31.2 Å². The van der Waals surface area contributed by atoms with E-state index in [1.54, 1.807) is 44.2 Å². The predicted octanol–water partition coefficient (Wildman–Crippen LogP) is 3.76. The van der Waals surface area contributed by atoms with E-state index in [4.69, 9.17) is 16.3 Å². The molecule has 2 aliphatic rings. The lowest BCUT2D eigenvalue weighted by molar-refractivity contribution is -0.132. The number of phenols is 1. The number of aromatic nitrogens is 2. The van der Waals surface area contributed by atoms with Gasteiger partial charge in [-0.05, 0) is 73.4 Å². The molecule has 4 amide bonds. The Morgan fingerprint density at radius 1 is 1.00 bits per heavy atom. The van der Waals surface area contributed by atoms with Gasteiger partial charge < -0.3 is 36.1 Å². The number of aromatic hydroxyl groups is 1. The fraction of sp³-hybridized carbons (Fsp3) is 0.324. The summed E-state index contributed by atoms with van der Waals surface area (Å²) < 4.78 is 5.91. The third-order valence-electron chi connectivity index (χ3n) is 7.81. The van der Waals surface area contributed by atoms with E-state index in [-0.39, 0.29) is 29.6 Å². The molecule has 2 aliphatic heterocycles. The topological polar surface area (TPSA) is 175 Å². The Labute approximate surface area is 276 Å². The first-order valence-corrected chi connectivity index (χ1v) is 15.8. The van der Waals surface area contributed by atoms with Crippen LogP contribution in [-0.2, 0) is 27.2 Å². The molecule has 13 heteroatoms. The number of ether oxygens (including phenoxy) is 1. The highest BCUT2D eigenvalue weighted by atomic mass is 35.5. The van der Waals surface area contributed by atoms with Crippen molar-refractivity contribution in [1.29, 1.82) is 0 Å². The number of aryl methyl sites for hydroxylation is 1. The zero-order valence-corrected chi connectivity index (χ0v) is 27.0. The quantitative estimate of drug-likeness (QED) is 0.135. The minimum absolute atomic E-state index is 0.0687. The highest BCUT2D eigenvalue weighted by Crippen LogP contribution is 2.28. The van der Waals surface area contributed by atoms with Crippen LogP contribution >= 0.6 is 11.6 Å². The monoisotopic (exact) mass is 660 g/mol. The minimum Gasteiger partial charge on any atom is -0.507 e. The van der Waals surface area contributed by atoms with Gasteiger partial charge >= 0.3 is 0 Å². The van der Waals surface area contributed by atoms with E-state index < -0.39 is 35.8 Å². The summed E-state index contributed by atoms with van der Waals surface area (Å²) in [6.07, 6.45) is 1.36. The maximum Gasteiger partial charge on any atom is 0.255 e. The molecule has 0 radical (unpaired) electrons. The first-order chi connectivity index (χ1) is 22.5. The number of rotatable bonds is 6. The number of halogens is 1. The Balaban J connectivity index is 1.32. The van der Waals surface area contributed by atoms with Gasteiger partial charge in [-0.25, -0.2) is 4.98 Å². The van der Waals surface area contributed by atoms with E-state index in [1.165, 1.54) is 25.1 Å². The molecular formula is C34H37ClN6O6. The fourth-order valence-corrected chi connectivity index (χ4v) is 5.37. The Morgan fingerprint density at radius 2 is 1.74 bits per heavy atom. The molecule has 6 rings (SSSR count). The lowest BCUT2D eigenvalue weighted by atomic mass is 10.0. The predicted molar refractivity (Wildman–Crippen MR) is 176 cm³/mol. The number of imidazole rings is 1. The molecule has 0 fully saturated rings. The van der Waals surface area contributed by atoms with Gasteiger partial charge in [0.1, 0.15) is 41.2 Å². The van der Waals surface area contributed by atoms with E-state index >= 15 is 0 Å². The van der Waals surface area contributed by atoms with Crippen molar-refractivity contribution >= 4 is 46.3 Å². The lowest BCUT2D eigenvalue weighted by Gasteiger charge is -2.25.